The summed E-state index contributed by atoms with van der Waals surface area (Å²) in [4.78, 5) is 40.4. The van der Waals surface area contributed by atoms with Crippen LogP contribution in [0.5, 0.6) is 5.75 Å². The van der Waals surface area contributed by atoms with Crippen LogP contribution in [0.2, 0.25) is 0 Å². The van der Waals surface area contributed by atoms with Crippen LogP contribution >= 0.6 is 11.8 Å². The molecule has 0 bridgehead atoms. The van der Waals surface area contributed by atoms with Crippen molar-refractivity contribution >= 4 is 50.7 Å². The van der Waals surface area contributed by atoms with Gasteiger partial charge in [0.05, 0.1) is 27.8 Å². The molecule has 3 aromatic rings. The zero-order valence-electron chi connectivity index (χ0n) is 26.8. The number of carbonyl (C=O) groups excluding carboxylic acids is 3. The Morgan fingerprint density at radius 1 is 1.02 bits per heavy atom. The second kappa shape index (κ2) is 16.2. The number of nitrogens with zero attached hydrogens (tertiary/aromatic N) is 1. The van der Waals surface area contributed by atoms with Crippen molar-refractivity contribution in [3.63, 3.8) is 0 Å². The van der Waals surface area contributed by atoms with Crippen molar-refractivity contribution in [2.75, 3.05) is 36.6 Å². The van der Waals surface area contributed by atoms with Gasteiger partial charge in [0.2, 0.25) is 5.91 Å². The predicted molar refractivity (Wildman–Crippen MR) is 182 cm³/mol. The summed E-state index contributed by atoms with van der Waals surface area (Å²) in [5.74, 6) is -1.90. The molecule has 11 nitrogen and oxygen atoms in total. The Bertz CT molecular complexity index is 1660. The molecule has 0 spiro atoms. The first-order chi connectivity index (χ1) is 22.6. The molecular formula is C34H42N4O7S2. The molecule has 1 aliphatic heterocycles. The molecule has 0 aliphatic carbocycles. The number of hydrogen-bond acceptors (Lipinski definition) is 9. The zero-order chi connectivity index (χ0) is 34.0. The van der Waals surface area contributed by atoms with Crippen LogP contribution in [-0.2, 0) is 24.2 Å². The monoisotopic (exact) mass is 682 g/mol. The van der Waals surface area contributed by atoms with Crippen molar-refractivity contribution in [3.05, 3.63) is 78.4 Å². The molecule has 1 heterocycles. The minimum atomic E-state index is -3.77. The molecule has 0 saturated carbocycles. The van der Waals surface area contributed by atoms with E-state index in [4.69, 9.17) is 9.94 Å². The van der Waals surface area contributed by atoms with E-state index in [0.717, 1.165) is 24.9 Å². The summed E-state index contributed by atoms with van der Waals surface area (Å²) in [6, 6.07) is 20.4. The number of unbranched alkanes of at least 4 members (excludes halogenated alkanes) is 1. The second-order valence-electron chi connectivity index (χ2n) is 11.6. The van der Waals surface area contributed by atoms with E-state index in [1.54, 1.807) is 30.3 Å². The van der Waals surface area contributed by atoms with E-state index in [0.29, 0.717) is 29.1 Å². The molecule has 3 aromatic carbocycles. The van der Waals surface area contributed by atoms with Gasteiger partial charge in [-0.25, -0.2) is 13.9 Å². The topological polar surface area (TPSA) is 154 Å². The van der Waals surface area contributed by atoms with E-state index in [1.807, 2.05) is 42.7 Å². The fourth-order valence-corrected chi connectivity index (χ4v) is 8.47. The SMILES string of the molecule is CCCCC1(CC)CN(c2ccccc2)c2cc(SC)c(OCC(=O)NC(C(=O)NCC(=O)NO)c3ccccc3)cc2S(=O)(=O)C1. The van der Waals surface area contributed by atoms with E-state index < -0.39 is 52.2 Å². The average Bonchev–Trinajstić information content (AvgIpc) is 3.19. The lowest BCUT2D eigenvalue weighted by Crippen LogP contribution is -2.44. The lowest BCUT2D eigenvalue weighted by atomic mass is 9.81. The van der Waals surface area contributed by atoms with Gasteiger partial charge >= 0.3 is 0 Å². The molecular weight excluding hydrogens is 641 g/mol. The summed E-state index contributed by atoms with van der Waals surface area (Å²) in [6.07, 6.45) is 5.20. The van der Waals surface area contributed by atoms with Crippen molar-refractivity contribution in [1.82, 2.24) is 16.1 Å². The zero-order valence-corrected chi connectivity index (χ0v) is 28.5. The minimum absolute atomic E-state index is 0.00640. The number of para-hydroxylation sites is 1. The summed E-state index contributed by atoms with van der Waals surface area (Å²) < 4.78 is 34.3. The van der Waals surface area contributed by atoms with Crippen LogP contribution in [0.3, 0.4) is 0 Å². The fraction of sp³-hybridized carbons (Fsp3) is 0.382. The number of rotatable bonds is 14. The van der Waals surface area contributed by atoms with Gasteiger partial charge in [0, 0.05) is 23.7 Å². The number of amides is 3. The van der Waals surface area contributed by atoms with Gasteiger partial charge in [0.15, 0.2) is 16.4 Å². The van der Waals surface area contributed by atoms with Gasteiger partial charge in [0.25, 0.3) is 11.8 Å². The molecule has 0 aromatic heterocycles. The van der Waals surface area contributed by atoms with Crippen molar-refractivity contribution in [3.8, 4) is 5.75 Å². The molecule has 13 heteroatoms. The number of benzene rings is 3. The highest BCUT2D eigenvalue weighted by atomic mass is 32.2. The third-order valence-electron chi connectivity index (χ3n) is 8.35. The van der Waals surface area contributed by atoms with Crippen molar-refractivity contribution in [2.45, 2.75) is 55.4 Å². The minimum Gasteiger partial charge on any atom is -0.483 e. The molecule has 1 aliphatic rings. The Hall–Kier alpha value is -4.07. The van der Waals surface area contributed by atoms with Crippen molar-refractivity contribution < 1.29 is 32.7 Å². The molecule has 0 saturated heterocycles. The van der Waals surface area contributed by atoms with Crippen LogP contribution in [0.1, 0.15) is 51.1 Å². The maximum absolute atomic E-state index is 14.1. The van der Waals surface area contributed by atoms with Gasteiger partial charge in [-0.3, -0.25) is 19.6 Å². The number of carbonyl (C=O) groups is 3. The van der Waals surface area contributed by atoms with Gasteiger partial charge in [-0.05, 0) is 42.9 Å². The van der Waals surface area contributed by atoms with E-state index in [9.17, 15) is 22.8 Å². The number of ether oxygens (including phenoxy) is 1. The number of fused-ring (bicyclic) bond motifs is 1. The third kappa shape index (κ3) is 8.85. The van der Waals surface area contributed by atoms with Crippen LogP contribution in [0.25, 0.3) is 0 Å². The molecule has 0 radical (unpaired) electrons. The molecule has 2 unspecified atom stereocenters. The highest BCUT2D eigenvalue weighted by Gasteiger charge is 2.42. The normalized spacial score (nSPS) is 17.5. The van der Waals surface area contributed by atoms with E-state index in [1.165, 1.54) is 23.3 Å². The molecule has 47 heavy (non-hydrogen) atoms. The Kier molecular flexibility index (Phi) is 12.3. The molecule has 252 valence electrons. The molecule has 2 atom stereocenters. The lowest BCUT2D eigenvalue weighted by Gasteiger charge is -2.36. The van der Waals surface area contributed by atoms with Crippen molar-refractivity contribution in [1.29, 1.82) is 0 Å². The Morgan fingerprint density at radius 3 is 2.32 bits per heavy atom. The van der Waals surface area contributed by atoms with Crippen LogP contribution in [-0.4, -0.2) is 63.1 Å². The molecule has 0 fully saturated rings. The highest BCUT2D eigenvalue weighted by molar-refractivity contribution is 7.98. The Labute approximate surface area is 280 Å². The number of thioether (sulfide) groups is 1. The third-order valence-corrected chi connectivity index (χ3v) is 11.1. The van der Waals surface area contributed by atoms with Crippen LogP contribution in [0.15, 0.2) is 82.6 Å². The summed E-state index contributed by atoms with van der Waals surface area (Å²) >= 11 is 1.37. The summed E-state index contributed by atoms with van der Waals surface area (Å²) in [5, 5.41) is 13.8. The number of anilines is 2. The largest absolute Gasteiger partial charge is 0.483 e. The number of hydroxylamine groups is 1. The van der Waals surface area contributed by atoms with Gasteiger partial charge in [-0.2, -0.15) is 0 Å². The first-order valence-electron chi connectivity index (χ1n) is 15.5. The van der Waals surface area contributed by atoms with Gasteiger partial charge < -0.3 is 20.3 Å². The van der Waals surface area contributed by atoms with Gasteiger partial charge in [0.1, 0.15) is 11.8 Å². The maximum atomic E-state index is 14.1. The predicted octanol–water partition coefficient (Wildman–Crippen LogP) is 4.78. The maximum Gasteiger partial charge on any atom is 0.262 e. The summed E-state index contributed by atoms with van der Waals surface area (Å²) in [7, 11) is -3.77. The molecule has 4 rings (SSSR count). The van der Waals surface area contributed by atoms with Gasteiger partial charge in [-0.1, -0.05) is 75.2 Å². The first-order valence-corrected chi connectivity index (χ1v) is 18.4. The second-order valence-corrected chi connectivity index (χ2v) is 14.4. The number of nitrogens with one attached hydrogen (secondary N) is 3. The van der Waals surface area contributed by atoms with Crippen LogP contribution in [0.4, 0.5) is 11.4 Å². The fourth-order valence-electron chi connectivity index (χ4n) is 5.74. The highest BCUT2D eigenvalue weighted by Crippen LogP contribution is 2.47. The molecule has 4 N–H and O–H groups in total. The summed E-state index contributed by atoms with van der Waals surface area (Å²) in [6.45, 7) is 3.70. The molecule has 3 amide bonds. The van der Waals surface area contributed by atoms with E-state index in [-0.39, 0.29) is 16.4 Å². The van der Waals surface area contributed by atoms with Crippen LogP contribution in [0, 0.1) is 5.41 Å². The number of sulfone groups is 1. The Morgan fingerprint density at radius 2 is 1.70 bits per heavy atom. The average molecular weight is 683 g/mol. The van der Waals surface area contributed by atoms with Crippen LogP contribution < -0.4 is 25.8 Å². The first kappa shape index (κ1) is 35.8. The van der Waals surface area contributed by atoms with E-state index in [2.05, 4.69) is 29.4 Å². The smallest absolute Gasteiger partial charge is 0.262 e. The van der Waals surface area contributed by atoms with Crippen molar-refractivity contribution in [2.24, 2.45) is 5.41 Å². The van der Waals surface area contributed by atoms with E-state index >= 15 is 0 Å². The quantitative estimate of drug-likeness (QED) is 0.107. The lowest BCUT2D eigenvalue weighted by molar-refractivity contribution is -0.133. The number of hydrogen-bond donors (Lipinski definition) is 4. The summed E-state index contributed by atoms with van der Waals surface area (Å²) in [5.41, 5.74) is 2.90. The standard InChI is InChI=1S/C34H42N4O7S2/c1-4-6-17-34(5-2)22-38(25-15-11-8-12-16-25)26-18-28(46-3)27(19-29(26)47(43,44)23-34)45-21-31(40)36-32(24-13-9-7-10-14-24)33(41)35-20-30(39)37-42/h7-16,18-19,32,42H,4-6,17,20-23H2,1-3H3,(H,35,41)(H,36,40)(H,37,39). The van der Waals surface area contributed by atoms with Gasteiger partial charge in [-0.15, -0.1) is 11.8 Å². The Balaban J connectivity index is 1.65.